The Morgan fingerprint density at radius 1 is 0.723 bits per heavy atom. The van der Waals surface area contributed by atoms with Crippen LogP contribution in [0.5, 0.6) is 0 Å². The second-order valence-electron chi connectivity index (χ2n) is 14.7. The predicted molar refractivity (Wildman–Crippen MR) is 194 cm³/mol. The van der Waals surface area contributed by atoms with Gasteiger partial charge >= 0.3 is 250 Å². The Kier molecular flexibility index (Phi) is 12.0. The number of imidazole rings is 1. The molecule has 0 fully saturated rings. The molecule has 4 aromatic rings. The van der Waals surface area contributed by atoms with Crippen LogP contribution in [0.1, 0.15) is 101 Å². The molecular weight excluding hydrogens is 695 g/mol. The molecule has 8 nitrogen and oxygen atoms in total. The SMILES string of the molecule is CCC[CH2][Sn]([CH2]CCC)([CH2]CCC)[c]1ccc2c(c1)nc(-c1ccc(-c3ccn(C(=O)OC(C)(C)C)n3)cc1)n2C(=O)OC(C)(C)C. The van der Waals surface area contributed by atoms with Crippen molar-refractivity contribution in [2.45, 2.75) is 125 Å². The number of ether oxygens (including phenoxy) is 2. The molecular formula is C38H54N4O4Sn. The molecule has 254 valence electrons. The Bertz CT molecular complexity index is 1640. The summed E-state index contributed by atoms with van der Waals surface area (Å²) in [5.74, 6) is 0.550. The van der Waals surface area contributed by atoms with E-state index in [4.69, 9.17) is 14.5 Å². The van der Waals surface area contributed by atoms with E-state index in [2.05, 4.69) is 44.1 Å². The number of rotatable bonds is 12. The van der Waals surface area contributed by atoms with Gasteiger partial charge in [-0.05, 0) is 20.8 Å². The second-order valence-corrected chi connectivity index (χ2v) is 28.0. The van der Waals surface area contributed by atoms with E-state index in [1.54, 1.807) is 16.8 Å². The molecule has 2 aromatic carbocycles. The number of aromatic nitrogens is 4. The minimum atomic E-state index is -2.73. The van der Waals surface area contributed by atoms with Crippen LogP contribution in [-0.2, 0) is 9.47 Å². The van der Waals surface area contributed by atoms with Crippen molar-refractivity contribution in [1.29, 1.82) is 0 Å². The molecule has 0 bridgehead atoms. The van der Waals surface area contributed by atoms with Gasteiger partial charge in [-0.15, -0.1) is 0 Å². The first-order chi connectivity index (χ1) is 22.2. The number of fused-ring (bicyclic) bond motifs is 1. The molecule has 0 aliphatic rings. The monoisotopic (exact) mass is 750 g/mol. The molecule has 0 atom stereocenters. The van der Waals surface area contributed by atoms with E-state index in [1.165, 1.54) is 60.1 Å². The molecule has 0 radical (unpaired) electrons. The Hall–Kier alpha value is -3.14. The van der Waals surface area contributed by atoms with Gasteiger partial charge in [0.1, 0.15) is 5.60 Å². The van der Waals surface area contributed by atoms with Crippen molar-refractivity contribution < 1.29 is 19.1 Å². The Morgan fingerprint density at radius 2 is 1.26 bits per heavy atom. The third kappa shape index (κ3) is 9.27. The number of carbonyl (C=O) groups is 2. The summed E-state index contributed by atoms with van der Waals surface area (Å²) in [6.45, 7) is 18.0. The number of benzene rings is 2. The van der Waals surface area contributed by atoms with Gasteiger partial charge in [-0.1, -0.05) is 0 Å². The van der Waals surface area contributed by atoms with Crippen LogP contribution < -0.4 is 3.58 Å². The fourth-order valence-corrected chi connectivity index (χ4v) is 22.1. The van der Waals surface area contributed by atoms with Crippen molar-refractivity contribution in [3.8, 4) is 22.6 Å². The summed E-state index contributed by atoms with van der Waals surface area (Å²) in [5, 5.41) is 4.44. The minimum absolute atomic E-state index is 0.444. The summed E-state index contributed by atoms with van der Waals surface area (Å²) in [6.07, 6.45) is 8.11. The van der Waals surface area contributed by atoms with Crippen LogP contribution in [0, 0.1) is 0 Å². The fourth-order valence-electron chi connectivity index (χ4n) is 6.13. The van der Waals surface area contributed by atoms with E-state index < -0.39 is 41.8 Å². The molecule has 0 aliphatic heterocycles. The second kappa shape index (κ2) is 15.4. The summed E-state index contributed by atoms with van der Waals surface area (Å²) >= 11 is -2.73. The predicted octanol–water partition coefficient (Wildman–Crippen LogP) is 10.2. The van der Waals surface area contributed by atoms with Crippen LogP contribution in [0.25, 0.3) is 33.7 Å². The van der Waals surface area contributed by atoms with E-state index >= 15 is 0 Å². The molecule has 4 rings (SSSR count). The quantitative estimate of drug-likeness (QED) is 0.134. The zero-order chi connectivity index (χ0) is 34.4. The summed E-state index contributed by atoms with van der Waals surface area (Å²) in [6, 6.07) is 16.3. The molecule has 0 N–H and O–H groups in total. The van der Waals surface area contributed by atoms with E-state index in [1.807, 2.05) is 65.8 Å². The zero-order valence-corrected chi connectivity index (χ0v) is 32.8. The molecule has 0 spiro atoms. The maximum atomic E-state index is 13.7. The van der Waals surface area contributed by atoms with Gasteiger partial charge < -0.3 is 4.74 Å². The Morgan fingerprint density at radius 3 is 1.79 bits per heavy atom. The fraction of sp³-hybridized carbons (Fsp3) is 0.526. The van der Waals surface area contributed by atoms with Crippen LogP contribution in [-0.4, -0.2) is 61.1 Å². The van der Waals surface area contributed by atoms with Gasteiger partial charge in [-0.25, -0.2) is 4.79 Å². The number of hydrogen-bond acceptors (Lipinski definition) is 6. The van der Waals surface area contributed by atoms with Crippen molar-refractivity contribution in [3.05, 3.63) is 54.7 Å². The summed E-state index contributed by atoms with van der Waals surface area (Å²) in [7, 11) is 0. The van der Waals surface area contributed by atoms with Crippen molar-refractivity contribution in [2.24, 2.45) is 0 Å². The molecule has 0 amide bonds. The third-order valence-electron chi connectivity index (χ3n) is 8.48. The van der Waals surface area contributed by atoms with Gasteiger partial charge in [0.05, 0.1) is 0 Å². The third-order valence-corrected chi connectivity index (χ3v) is 24.1. The van der Waals surface area contributed by atoms with Crippen molar-refractivity contribution in [1.82, 2.24) is 19.3 Å². The Labute approximate surface area is 285 Å². The molecule has 9 heteroatoms. The molecule has 0 unspecified atom stereocenters. The average Bonchev–Trinajstić information content (AvgIpc) is 3.65. The molecule has 0 aliphatic carbocycles. The van der Waals surface area contributed by atoms with Gasteiger partial charge in [-0.3, -0.25) is 0 Å². The van der Waals surface area contributed by atoms with Crippen LogP contribution in [0.3, 0.4) is 0 Å². The maximum absolute atomic E-state index is 13.7. The van der Waals surface area contributed by atoms with Crippen molar-refractivity contribution in [3.63, 3.8) is 0 Å². The van der Waals surface area contributed by atoms with Gasteiger partial charge in [0.2, 0.25) is 0 Å². The number of nitrogens with zero attached hydrogens (tertiary/aromatic N) is 4. The van der Waals surface area contributed by atoms with Crippen LogP contribution in [0.2, 0.25) is 13.3 Å². The first kappa shape index (κ1) is 36.7. The number of carbonyl (C=O) groups excluding carboxylic acids is 2. The van der Waals surface area contributed by atoms with E-state index in [-0.39, 0.29) is 0 Å². The van der Waals surface area contributed by atoms with Crippen LogP contribution in [0.15, 0.2) is 54.7 Å². The van der Waals surface area contributed by atoms with Crippen LogP contribution >= 0.6 is 0 Å². The first-order valence-electron chi connectivity index (χ1n) is 17.4. The van der Waals surface area contributed by atoms with Crippen molar-refractivity contribution >= 4 is 45.2 Å². The number of unbranched alkanes of at least 4 members (excludes halogenated alkanes) is 3. The summed E-state index contributed by atoms with van der Waals surface area (Å²) < 4.78 is 19.8. The average molecular weight is 750 g/mol. The van der Waals surface area contributed by atoms with E-state index in [9.17, 15) is 9.59 Å². The molecule has 2 aromatic heterocycles. The van der Waals surface area contributed by atoms with E-state index in [0.717, 1.165) is 22.2 Å². The zero-order valence-electron chi connectivity index (χ0n) is 30.0. The summed E-state index contributed by atoms with van der Waals surface area (Å²) in [4.78, 5) is 31.4. The van der Waals surface area contributed by atoms with Crippen LogP contribution in [0.4, 0.5) is 9.59 Å². The first-order valence-corrected chi connectivity index (χ1v) is 24.8. The molecule has 0 saturated carbocycles. The van der Waals surface area contributed by atoms with E-state index in [0.29, 0.717) is 11.5 Å². The van der Waals surface area contributed by atoms with Gasteiger partial charge in [0.15, 0.2) is 0 Å². The van der Waals surface area contributed by atoms with Gasteiger partial charge in [0, 0.05) is 0 Å². The van der Waals surface area contributed by atoms with Gasteiger partial charge in [0.25, 0.3) is 0 Å². The summed E-state index contributed by atoms with van der Waals surface area (Å²) in [5.41, 5.74) is 2.60. The van der Waals surface area contributed by atoms with Crippen molar-refractivity contribution in [2.75, 3.05) is 0 Å². The molecule has 0 saturated heterocycles. The topological polar surface area (TPSA) is 88.2 Å². The number of hydrogen-bond donors (Lipinski definition) is 0. The Balaban J connectivity index is 1.78. The standard InChI is InChI=1S/C26H27N4O4.3C4H9.Sn/c1-25(2,3)33-23(31)29-16-15-19(28-29)17-11-13-18(14-12-17)22-27-20-9-7-8-10-21(20)30(22)24(32)34-26(4,5)6;3*1-3-4-2;/h8-16H,1-6H3;3*1,3-4H2,2H3;. The normalized spacial score (nSPS) is 12.4. The molecule has 2 heterocycles. The van der Waals surface area contributed by atoms with Gasteiger partial charge in [-0.2, -0.15) is 0 Å². The molecule has 47 heavy (non-hydrogen) atoms.